The summed E-state index contributed by atoms with van der Waals surface area (Å²) in [5.74, 6) is 0.496. The zero-order valence-electron chi connectivity index (χ0n) is 18.5. The molecule has 0 saturated heterocycles. The Balaban J connectivity index is 1.80. The number of amides is 1. The van der Waals surface area contributed by atoms with E-state index in [1.54, 1.807) is 36.4 Å². The fourth-order valence-corrected chi connectivity index (χ4v) is 3.15. The Morgan fingerprint density at radius 2 is 1.82 bits per heavy atom. The normalized spacial score (nSPS) is 10.6. The van der Waals surface area contributed by atoms with Crippen molar-refractivity contribution in [2.24, 2.45) is 0 Å². The lowest BCUT2D eigenvalue weighted by molar-refractivity contribution is -0.112. The SMILES string of the molecule is CCOc1cc(/C=C(/C#N)C(=O)Nc2cccc(C)c2)ccc1OCc1ccccc1C#N. The number of nitrogens with zero attached hydrogens (tertiary/aromatic N) is 2. The molecule has 1 N–H and O–H groups in total. The van der Waals surface area contributed by atoms with Crippen LogP contribution >= 0.6 is 0 Å². The van der Waals surface area contributed by atoms with E-state index < -0.39 is 5.91 Å². The summed E-state index contributed by atoms with van der Waals surface area (Å²) in [6, 6.07) is 23.9. The van der Waals surface area contributed by atoms with Crippen LogP contribution in [0.2, 0.25) is 0 Å². The number of hydrogen-bond acceptors (Lipinski definition) is 5. The number of carbonyl (C=O) groups is 1. The van der Waals surface area contributed by atoms with E-state index in [0.29, 0.717) is 34.9 Å². The maximum absolute atomic E-state index is 12.6. The predicted octanol–water partition coefficient (Wildman–Crippen LogP) is 5.39. The van der Waals surface area contributed by atoms with Gasteiger partial charge < -0.3 is 14.8 Å². The molecule has 6 heteroatoms. The minimum Gasteiger partial charge on any atom is -0.490 e. The Bertz CT molecular complexity index is 1270. The number of hydrogen-bond donors (Lipinski definition) is 1. The fraction of sp³-hybridized carbons (Fsp3) is 0.148. The van der Waals surface area contributed by atoms with Crippen LogP contribution < -0.4 is 14.8 Å². The van der Waals surface area contributed by atoms with Crippen LogP contribution in [0.5, 0.6) is 11.5 Å². The smallest absolute Gasteiger partial charge is 0.266 e. The highest BCUT2D eigenvalue weighted by Crippen LogP contribution is 2.30. The van der Waals surface area contributed by atoms with Crippen LogP contribution in [-0.4, -0.2) is 12.5 Å². The van der Waals surface area contributed by atoms with Gasteiger partial charge in [0.05, 0.1) is 18.2 Å². The summed E-state index contributed by atoms with van der Waals surface area (Å²) in [4.78, 5) is 12.6. The van der Waals surface area contributed by atoms with Gasteiger partial charge in [0.15, 0.2) is 11.5 Å². The van der Waals surface area contributed by atoms with Crippen molar-refractivity contribution in [2.75, 3.05) is 11.9 Å². The van der Waals surface area contributed by atoms with Crippen LogP contribution in [0.1, 0.15) is 29.2 Å². The maximum Gasteiger partial charge on any atom is 0.266 e. The second-order valence-electron chi connectivity index (χ2n) is 7.19. The molecule has 0 spiro atoms. The molecule has 0 aromatic heterocycles. The quantitative estimate of drug-likeness (QED) is 0.377. The third kappa shape index (κ3) is 6.22. The van der Waals surface area contributed by atoms with Crippen molar-refractivity contribution in [2.45, 2.75) is 20.5 Å². The molecule has 0 atom stereocenters. The Hall–Kier alpha value is -4.55. The number of anilines is 1. The van der Waals surface area contributed by atoms with E-state index in [9.17, 15) is 15.3 Å². The van der Waals surface area contributed by atoms with Crippen LogP contribution in [-0.2, 0) is 11.4 Å². The first-order valence-corrected chi connectivity index (χ1v) is 10.4. The Morgan fingerprint density at radius 3 is 2.55 bits per heavy atom. The van der Waals surface area contributed by atoms with Crippen molar-refractivity contribution in [3.8, 4) is 23.6 Å². The van der Waals surface area contributed by atoms with Crippen LogP contribution in [0, 0.1) is 29.6 Å². The average Bonchev–Trinajstić information content (AvgIpc) is 2.82. The molecule has 3 rings (SSSR count). The topological polar surface area (TPSA) is 95.1 Å². The van der Waals surface area contributed by atoms with Gasteiger partial charge in [-0.3, -0.25) is 4.79 Å². The Labute approximate surface area is 193 Å². The summed E-state index contributed by atoms with van der Waals surface area (Å²) in [7, 11) is 0. The highest BCUT2D eigenvalue weighted by molar-refractivity contribution is 6.09. The fourth-order valence-electron chi connectivity index (χ4n) is 3.15. The summed E-state index contributed by atoms with van der Waals surface area (Å²) < 4.78 is 11.6. The summed E-state index contributed by atoms with van der Waals surface area (Å²) in [5, 5.41) is 21.5. The molecule has 0 aliphatic carbocycles. The average molecular weight is 437 g/mol. The lowest BCUT2D eigenvalue weighted by Gasteiger charge is -2.13. The molecule has 164 valence electrons. The molecular formula is C27H23N3O3. The first-order valence-electron chi connectivity index (χ1n) is 10.4. The lowest BCUT2D eigenvalue weighted by atomic mass is 10.1. The van der Waals surface area contributed by atoms with Gasteiger partial charge in [-0.2, -0.15) is 10.5 Å². The van der Waals surface area contributed by atoms with E-state index in [2.05, 4.69) is 11.4 Å². The number of ether oxygens (including phenoxy) is 2. The van der Waals surface area contributed by atoms with E-state index >= 15 is 0 Å². The third-order valence-corrected chi connectivity index (χ3v) is 4.74. The second kappa shape index (κ2) is 11.2. The van der Waals surface area contributed by atoms with Gasteiger partial charge in [-0.25, -0.2) is 0 Å². The van der Waals surface area contributed by atoms with Gasteiger partial charge >= 0.3 is 0 Å². The van der Waals surface area contributed by atoms with Gasteiger partial charge in [-0.1, -0.05) is 36.4 Å². The lowest BCUT2D eigenvalue weighted by Crippen LogP contribution is -2.13. The van der Waals surface area contributed by atoms with Crippen LogP contribution in [0.4, 0.5) is 5.69 Å². The zero-order chi connectivity index (χ0) is 23.6. The minimum absolute atomic E-state index is 0.0319. The van der Waals surface area contributed by atoms with E-state index in [-0.39, 0.29) is 12.2 Å². The predicted molar refractivity (Wildman–Crippen MR) is 126 cm³/mol. The van der Waals surface area contributed by atoms with E-state index in [0.717, 1.165) is 11.1 Å². The molecular weight excluding hydrogens is 414 g/mol. The monoisotopic (exact) mass is 437 g/mol. The minimum atomic E-state index is -0.491. The van der Waals surface area contributed by atoms with Crippen molar-refractivity contribution in [3.05, 3.63) is 94.6 Å². The van der Waals surface area contributed by atoms with Crippen molar-refractivity contribution >= 4 is 17.7 Å². The molecule has 33 heavy (non-hydrogen) atoms. The third-order valence-electron chi connectivity index (χ3n) is 4.74. The first-order chi connectivity index (χ1) is 16.0. The molecule has 1 amide bonds. The highest BCUT2D eigenvalue weighted by Gasteiger charge is 2.12. The summed E-state index contributed by atoms with van der Waals surface area (Å²) in [6.45, 7) is 4.40. The Morgan fingerprint density at radius 1 is 1.00 bits per heavy atom. The molecule has 0 aliphatic heterocycles. The number of rotatable bonds is 8. The molecule has 0 unspecified atom stereocenters. The van der Waals surface area contributed by atoms with Gasteiger partial charge in [-0.15, -0.1) is 0 Å². The molecule has 3 aromatic rings. The summed E-state index contributed by atoms with van der Waals surface area (Å²) in [6.07, 6.45) is 1.50. The van der Waals surface area contributed by atoms with Gasteiger partial charge in [-0.05, 0) is 61.4 Å². The van der Waals surface area contributed by atoms with E-state index in [1.165, 1.54) is 6.08 Å². The Kier molecular flexibility index (Phi) is 7.83. The largest absolute Gasteiger partial charge is 0.490 e. The van der Waals surface area contributed by atoms with Gasteiger partial charge in [0, 0.05) is 11.3 Å². The number of nitrogens with one attached hydrogen (secondary N) is 1. The van der Waals surface area contributed by atoms with Crippen molar-refractivity contribution in [3.63, 3.8) is 0 Å². The van der Waals surface area contributed by atoms with Crippen molar-refractivity contribution < 1.29 is 14.3 Å². The highest BCUT2D eigenvalue weighted by atomic mass is 16.5. The molecule has 0 saturated carbocycles. The van der Waals surface area contributed by atoms with Crippen LogP contribution in [0.15, 0.2) is 72.3 Å². The van der Waals surface area contributed by atoms with Gasteiger partial charge in [0.25, 0.3) is 5.91 Å². The van der Waals surface area contributed by atoms with E-state index in [1.807, 2.05) is 50.2 Å². The van der Waals surface area contributed by atoms with E-state index in [4.69, 9.17) is 9.47 Å². The van der Waals surface area contributed by atoms with Crippen molar-refractivity contribution in [1.29, 1.82) is 10.5 Å². The summed E-state index contributed by atoms with van der Waals surface area (Å²) >= 11 is 0. The van der Waals surface area contributed by atoms with Gasteiger partial charge in [0.2, 0.25) is 0 Å². The van der Waals surface area contributed by atoms with Crippen LogP contribution in [0.3, 0.4) is 0 Å². The molecule has 0 heterocycles. The number of nitriles is 2. The molecule has 0 bridgehead atoms. The number of aryl methyl sites for hydroxylation is 1. The van der Waals surface area contributed by atoms with Crippen LogP contribution in [0.25, 0.3) is 6.08 Å². The first kappa shape index (κ1) is 23.1. The second-order valence-corrected chi connectivity index (χ2v) is 7.19. The molecule has 6 nitrogen and oxygen atoms in total. The maximum atomic E-state index is 12.6. The zero-order valence-corrected chi connectivity index (χ0v) is 18.5. The summed E-state index contributed by atoms with van der Waals surface area (Å²) in [5.41, 5.74) is 3.54. The number of benzene rings is 3. The van der Waals surface area contributed by atoms with Crippen molar-refractivity contribution in [1.82, 2.24) is 0 Å². The number of carbonyl (C=O) groups excluding carboxylic acids is 1. The molecule has 3 aromatic carbocycles. The standard InChI is InChI=1S/C27H23N3O3/c1-3-32-26-15-20(11-12-25(26)33-18-22-9-5-4-8-21(22)16-28)14-23(17-29)27(31)30-24-10-6-7-19(2)13-24/h4-15H,3,18H2,1-2H3,(H,30,31)/b23-14-. The molecule has 0 fully saturated rings. The molecule has 0 radical (unpaired) electrons. The van der Waals surface area contributed by atoms with Gasteiger partial charge in [0.1, 0.15) is 18.2 Å². The molecule has 0 aliphatic rings.